The normalized spacial score (nSPS) is 18.8. The molecule has 0 unspecified atom stereocenters. The fourth-order valence-electron chi connectivity index (χ4n) is 3.43. The third-order valence-corrected chi connectivity index (χ3v) is 4.84. The topological polar surface area (TPSA) is 95.1 Å². The predicted octanol–water partition coefficient (Wildman–Crippen LogP) is 2.84. The molecule has 138 valence electrons. The van der Waals surface area contributed by atoms with E-state index in [0.29, 0.717) is 11.5 Å². The number of anilines is 2. The Morgan fingerprint density at radius 3 is 2.73 bits per heavy atom. The molecule has 1 aromatic heterocycles. The van der Waals surface area contributed by atoms with Gasteiger partial charge in [-0.15, -0.1) is 5.11 Å². The number of azo groups is 1. The average molecular weight is 355 g/mol. The number of nitrogens with one attached hydrogen (secondary N) is 1. The number of rotatable bonds is 5. The summed E-state index contributed by atoms with van der Waals surface area (Å²) in [5.74, 6) is 1.26. The number of nitrogens with two attached hydrogens (primary N) is 1. The van der Waals surface area contributed by atoms with E-state index in [4.69, 9.17) is 10.5 Å². The molecule has 2 aliphatic rings. The van der Waals surface area contributed by atoms with Crippen LogP contribution in [-0.4, -0.2) is 54.5 Å². The lowest BCUT2D eigenvalue weighted by molar-refractivity contribution is 0.0342. The van der Waals surface area contributed by atoms with E-state index in [1.807, 2.05) is 12.1 Å². The van der Waals surface area contributed by atoms with E-state index in [2.05, 4.69) is 42.4 Å². The molecule has 2 saturated heterocycles. The maximum absolute atomic E-state index is 6.01. The number of hydrogen-bond acceptors (Lipinski definition) is 7. The van der Waals surface area contributed by atoms with Gasteiger partial charge < -0.3 is 15.4 Å². The van der Waals surface area contributed by atoms with Gasteiger partial charge in [-0.05, 0) is 30.5 Å². The molecule has 3 heterocycles. The maximum atomic E-state index is 6.01. The molecule has 2 fully saturated rings. The van der Waals surface area contributed by atoms with Crippen molar-refractivity contribution in [1.29, 1.82) is 0 Å². The van der Waals surface area contributed by atoms with Gasteiger partial charge in [0.2, 0.25) is 0 Å². The molecule has 2 aliphatic heterocycles. The van der Waals surface area contributed by atoms with Crippen LogP contribution in [0, 0.1) is 0 Å². The van der Waals surface area contributed by atoms with E-state index in [1.54, 1.807) is 0 Å². The highest BCUT2D eigenvalue weighted by atomic mass is 16.5. The summed E-state index contributed by atoms with van der Waals surface area (Å²) in [6, 6.07) is 8.17. The molecule has 26 heavy (non-hydrogen) atoms. The number of benzene rings is 1. The number of hydrogen-bond donors (Lipinski definition) is 2. The summed E-state index contributed by atoms with van der Waals surface area (Å²) in [6.07, 6.45) is 2.35. The molecule has 0 atom stereocenters. The third kappa shape index (κ3) is 3.86. The number of aromatic amines is 1. The van der Waals surface area contributed by atoms with E-state index < -0.39 is 0 Å². The minimum Gasteiger partial charge on any atom is -0.382 e. The summed E-state index contributed by atoms with van der Waals surface area (Å²) >= 11 is 0. The Morgan fingerprint density at radius 1 is 1.12 bits per heavy atom. The highest BCUT2D eigenvalue weighted by molar-refractivity contribution is 5.73. The lowest BCUT2D eigenvalue weighted by Gasteiger charge is -2.26. The highest BCUT2D eigenvalue weighted by Gasteiger charge is 2.20. The molecule has 0 saturated carbocycles. The van der Waals surface area contributed by atoms with Crippen molar-refractivity contribution in [3.63, 3.8) is 0 Å². The summed E-state index contributed by atoms with van der Waals surface area (Å²) in [5.41, 5.74) is 8.69. The van der Waals surface area contributed by atoms with E-state index in [9.17, 15) is 0 Å². The van der Waals surface area contributed by atoms with Gasteiger partial charge in [-0.3, -0.25) is 10.00 Å². The third-order valence-electron chi connectivity index (χ3n) is 4.84. The quantitative estimate of drug-likeness (QED) is 0.804. The largest absolute Gasteiger partial charge is 0.382 e. The molecule has 3 N–H and O–H groups in total. The second-order valence-corrected chi connectivity index (χ2v) is 6.76. The van der Waals surface area contributed by atoms with Crippen LogP contribution >= 0.6 is 0 Å². The van der Waals surface area contributed by atoms with Crippen LogP contribution in [0.5, 0.6) is 0 Å². The van der Waals surface area contributed by atoms with Gasteiger partial charge in [0, 0.05) is 32.7 Å². The number of morpholine rings is 1. The maximum Gasteiger partial charge on any atom is 0.180 e. The molecule has 4 rings (SSSR count). The Hall–Kier alpha value is -2.45. The molecule has 0 spiro atoms. The first-order valence-electron chi connectivity index (χ1n) is 9.19. The zero-order chi connectivity index (χ0) is 17.8. The summed E-state index contributed by atoms with van der Waals surface area (Å²) in [7, 11) is 0. The van der Waals surface area contributed by atoms with Crippen molar-refractivity contribution in [2.75, 3.05) is 50.0 Å². The Morgan fingerprint density at radius 2 is 1.92 bits per heavy atom. The smallest absolute Gasteiger partial charge is 0.180 e. The zero-order valence-electron chi connectivity index (χ0n) is 14.9. The van der Waals surface area contributed by atoms with Gasteiger partial charge >= 0.3 is 0 Å². The molecule has 0 bridgehead atoms. The number of nitrogens with zero attached hydrogens (tertiary/aromatic N) is 5. The van der Waals surface area contributed by atoms with Crippen LogP contribution in [0.2, 0.25) is 0 Å². The van der Waals surface area contributed by atoms with Crippen LogP contribution in [0.4, 0.5) is 23.0 Å². The Balaban J connectivity index is 1.48. The Bertz CT molecular complexity index is 761. The Kier molecular flexibility index (Phi) is 5.12. The van der Waals surface area contributed by atoms with Crippen molar-refractivity contribution in [3.8, 4) is 0 Å². The van der Waals surface area contributed by atoms with Gasteiger partial charge in [-0.1, -0.05) is 12.1 Å². The molecule has 1 aromatic carbocycles. The van der Waals surface area contributed by atoms with Crippen molar-refractivity contribution in [3.05, 3.63) is 29.8 Å². The number of H-pyrrole nitrogens is 1. The molecular formula is C18H25N7O. The van der Waals surface area contributed by atoms with Gasteiger partial charge in [0.05, 0.1) is 18.9 Å². The molecule has 8 heteroatoms. The van der Waals surface area contributed by atoms with E-state index in [-0.39, 0.29) is 0 Å². The van der Waals surface area contributed by atoms with Gasteiger partial charge in [0.1, 0.15) is 5.82 Å². The molecular weight excluding hydrogens is 330 g/mol. The van der Waals surface area contributed by atoms with Gasteiger partial charge in [0.15, 0.2) is 11.5 Å². The minimum absolute atomic E-state index is 0.458. The van der Waals surface area contributed by atoms with Crippen molar-refractivity contribution >= 4 is 23.0 Å². The minimum atomic E-state index is 0.458. The molecule has 0 aliphatic carbocycles. The van der Waals surface area contributed by atoms with Crippen LogP contribution in [0.15, 0.2) is 34.5 Å². The fraction of sp³-hybridized carbons (Fsp3) is 0.500. The summed E-state index contributed by atoms with van der Waals surface area (Å²) in [4.78, 5) is 4.59. The summed E-state index contributed by atoms with van der Waals surface area (Å²) in [5, 5.41) is 15.9. The van der Waals surface area contributed by atoms with Crippen molar-refractivity contribution in [1.82, 2.24) is 15.1 Å². The van der Waals surface area contributed by atoms with Crippen LogP contribution in [0.25, 0.3) is 0 Å². The van der Waals surface area contributed by atoms with Crippen LogP contribution in [0.1, 0.15) is 18.4 Å². The van der Waals surface area contributed by atoms with Crippen molar-refractivity contribution in [2.24, 2.45) is 10.2 Å². The lowest BCUT2D eigenvalue weighted by atomic mass is 10.2. The second-order valence-electron chi connectivity index (χ2n) is 6.76. The summed E-state index contributed by atoms with van der Waals surface area (Å²) in [6.45, 7) is 6.42. The van der Waals surface area contributed by atoms with E-state index >= 15 is 0 Å². The van der Waals surface area contributed by atoms with E-state index in [0.717, 1.165) is 57.4 Å². The van der Waals surface area contributed by atoms with Crippen molar-refractivity contribution in [2.45, 2.75) is 19.4 Å². The monoisotopic (exact) mass is 355 g/mol. The summed E-state index contributed by atoms with van der Waals surface area (Å²) < 4.78 is 5.41. The number of nitrogen functional groups attached to an aromatic ring is 1. The molecule has 2 aromatic rings. The van der Waals surface area contributed by atoms with Crippen molar-refractivity contribution < 1.29 is 4.74 Å². The first kappa shape index (κ1) is 17.0. The van der Waals surface area contributed by atoms with Crippen LogP contribution < -0.4 is 10.6 Å². The van der Waals surface area contributed by atoms with Crippen LogP contribution in [-0.2, 0) is 11.3 Å². The zero-order valence-corrected chi connectivity index (χ0v) is 14.9. The highest BCUT2D eigenvalue weighted by Crippen LogP contribution is 2.35. The second kappa shape index (κ2) is 7.84. The molecule has 0 amide bonds. The van der Waals surface area contributed by atoms with Crippen LogP contribution in [0.3, 0.4) is 0 Å². The Labute approximate surface area is 153 Å². The standard InChI is InChI=1S/C18H25N7O/c19-17-16(18(23-22-17)25-6-1-2-7-25)21-20-15-5-3-4-14(12-15)13-24-8-10-26-11-9-24/h3-5,12H,1-2,6-11,13H2,(H3,19,22,23). The molecule has 0 radical (unpaired) electrons. The van der Waals surface area contributed by atoms with Gasteiger partial charge in [-0.2, -0.15) is 10.2 Å². The first-order chi connectivity index (χ1) is 12.8. The fourth-order valence-corrected chi connectivity index (χ4v) is 3.43. The van der Waals surface area contributed by atoms with E-state index in [1.165, 1.54) is 18.4 Å². The average Bonchev–Trinajstić information content (AvgIpc) is 3.31. The van der Waals surface area contributed by atoms with Gasteiger partial charge in [0.25, 0.3) is 0 Å². The number of ether oxygens (including phenoxy) is 1. The SMILES string of the molecule is Nc1[nH]nc(N2CCCC2)c1N=Nc1cccc(CN2CCOCC2)c1. The molecule has 8 nitrogen and oxygen atoms in total. The van der Waals surface area contributed by atoms with Gasteiger partial charge in [-0.25, -0.2) is 0 Å². The first-order valence-corrected chi connectivity index (χ1v) is 9.19. The predicted molar refractivity (Wildman–Crippen MR) is 101 cm³/mol. The lowest BCUT2D eigenvalue weighted by Crippen LogP contribution is -2.35. The number of aromatic nitrogens is 2.